The molecule has 3 rings (SSSR count). The van der Waals surface area contributed by atoms with Gasteiger partial charge in [0.25, 0.3) is 5.91 Å². The molecule has 1 aromatic heterocycles. The number of pyridine rings is 1. The van der Waals surface area contributed by atoms with E-state index in [-0.39, 0.29) is 0 Å². The topological polar surface area (TPSA) is 101 Å². The standard InChI is InChI=1S/C21H22N4O4/c1-14(2)13-29-17-8-6-15(7-9-17)21(3)19(27)25(20(28)24-21)12-18(26)23-16-5-4-10-22-11-16/h4-11H,1,12-13H2,2-3H3,(H,23,26)(H,24,28). The largest absolute Gasteiger partial charge is 0.489 e. The van der Waals surface area contributed by atoms with Crippen molar-refractivity contribution in [2.24, 2.45) is 0 Å². The van der Waals surface area contributed by atoms with Gasteiger partial charge < -0.3 is 15.4 Å². The molecule has 1 atom stereocenters. The number of carbonyl (C=O) groups is 3. The van der Waals surface area contributed by atoms with Gasteiger partial charge >= 0.3 is 6.03 Å². The molecule has 2 aromatic rings. The number of hydrogen-bond donors (Lipinski definition) is 2. The van der Waals surface area contributed by atoms with Crippen molar-refractivity contribution in [1.29, 1.82) is 0 Å². The third-order valence-electron chi connectivity index (χ3n) is 4.44. The second kappa shape index (κ2) is 8.14. The molecular weight excluding hydrogens is 372 g/mol. The SMILES string of the molecule is C=C(C)COc1ccc(C2(C)NC(=O)N(CC(=O)Nc3cccnc3)C2=O)cc1. The van der Waals surface area contributed by atoms with E-state index >= 15 is 0 Å². The molecule has 0 aliphatic carbocycles. The summed E-state index contributed by atoms with van der Waals surface area (Å²) in [5.74, 6) is -0.362. The molecule has 1 unspecified atom stereocenters. The van der Waals surface area contributed by atoms with Crippen molar-refractivity contribution in [3.63, 3.8) is 0 Å². The number of hydrogen-bond acceptors (Lipinski definition) is 5. The predicted molar refractivity (Wildman–Crippen MR) is 107 cm³/mol. The number of carbonyl (C=O) groups excluding carboxylic acids is 3. The molecule has 1 aliphatic heterocycles. The highest BCUT2D eigenvalue weighted by Crippen LogP contribution is 2.30. The number of amides is 4. The lowest BCUT2D eigenvalue weighted by Gasteiger charge is -2.22. The Morgan fingerprint density at radius 3 is 2.62 bits per heavy atom. The van der Waals surface area contributed by atoms with Crippen LogP contribution in [0, 0.1) is 0 Å². The van der Waals surface area contributed by atoms with Crippen LogP contribution in [0.15, 0.2) is 60.9 Å². The van der Waals surface area contributed by atoms with E-state index in [0.29, 0.717) is 23.6 Å². The number of urea groups is 1. The predicted octanol–water partition coefficient (Wildman–Crippen LogP) is 2.44. The van der Waals surface area contributed by atoms with Gasteiger partial charge in [0.05, 0.1) is 11.9 Å². The Morgan fingerprint density at radius 2 is 2.00 bits per heavy atom. The van der Waals surface area contributed by atoms with Gasteiger partial charge in [-0.15, -0.1) is 0 Å². The summed E-state index contributed by atoms with van der Waals surface area (Å²) < 4.78 is 5.56. The Labute approximate surface area is 168 Å². The van der Waals surface area contributed by atoms with Crippen molar-refractivity contribution >= 4 is 23.5 Å². The van der Waals surface area contributed by atoms with Crippen molar-refractivity contribution < 1.29 is 19.1 Å². The third-order valence-corrected chi connectivity index (χ3v) is 4.44. The molecule has 1 aromatic carbocycles. The molecule has 1 fully saturated rings. The molecule has 29 heavy (non-hydrogen) atoms. The lowest BCUT2D eigenvalue weighted by molar-refractivity contribution is -0.133. The highest BCUT2D eigenvalue weighted by molar-refractivity contribution is 6.10. The summed E-state index contributed by atoms with van der Waals surface area (Å²) in [6.45, 7) is 7.25. The fourth-order valence-corrected chi connectivity index (χ4v) is 2.91. The Morgan fingerprint density at radius 1 is 1.28 bits per heavy atom. The van der Waals surface area contributed by atoms with E-state index in [1.807, 2.05) is 6.92 Å². The number of rotatable bonds is 7. The minimum absolute atomic E-state index is 0.394. The van der Waals surface area contributed by atoms with Crippen LogP contribution in [0.4, 0.5) is 10.5 Å². The summed E-state index contributed by atoms with van der Waals surface area (Å²) in [6.07, 6.45) is 3.05. The van der Waals surface area contributed by atoms with Crippen LogP contribution in [0.25, 0.3) is 0 Å². The van der Waals surface area contributed by atoms with Crippen molar-refractivity contribution in [3.05, 3.63) is 66.5 Å². The zero-order valence-corrected chi connectivity index (χ0v) is 16.3. The monoisotopic (exact) mass is 394 g/mol. The van der Waals surface area contributed by atoms with E-state index in [2.05, 4.69) is 22.2 Å². The highest BCUT2D eigenvalue weighted by atomic mass is 16.5. The maximum Gasteiger partial charge on any atom is 0.325 e. The molecule has 2 N–H and O–H groups in total. The molecule has 1 saturated heterocycles. The average Bonchev–Trinajstić information content (AvgIpc) is 2.91. The van der Waals surface area contributed by atoms with Crippen molar-refractivity contribution in [2.75, 3.05) is 18.5 Å². The van der Waals surface area contributed by atoms with E-state index in [9.17, 15) is 14.4 Å². The molecular formula is C21H22N4O4. The molecule has 4 amide bonds. The zero-order valence-electron chi connectivity index (χ0n) is 16.3. The van der Waals surface area contributed by atoms with Gasteiger partial charge in [0.15, 0.2) is 0 Å². The molecule has 1 aliphatic rings. The number of imide groups is 1. The molecule has 0 saturated carbocycles. The Kier molecular flexibility index (Phi) is 5.63. The first-order valence-corrected chi connectivity index (χ1v) is 9.01. The average molecular weight is 394 g/mol. The van der Waals surface area contributed by atoms with Crippen LogP contribution in [-0.4, -0.2) is 40.9 Å². The summed E-state index contributed by atoms with van der Waals surface area (Å²) in [5.41, 5.74) is 0.698. The van der Waals surface area contributed by atoms with E-state index in [0.717, 1.165) is 10.5 Å². The van der Waals surface area contributed by atoms with Gasteiger partial charge in [0, 0.05) is 6.20 Å². The van der Waals surface area contributed by atoms with Gasteiger partial charge in [-0.2, -0.15) is 0 Å². The lowest BCUT2D eigenvalue weighted by atomic mass is 9.92. The Hall–Kier alpha value is -3.68. The smallest absolute Gasteiger partial charge is 0.325 e. The fraction of sp³-hybridized carbons (Fsp3) is 0.238. The van der Waals surface area contributed by atoms with Crippen LogP contribution >= 0.6 is 0 Å². The van der Waals surface area contributed by atoms with Crippen molar-refractivity contribution in [2.45, 2.75) is 19.4 Å². The number of nitrogens with zero attached hydrogens (tertiary/aromatic N) is 2. The fourth-order valence-electron chi connectivity index (χ4n) is 2.91. The van der Waals surface area contributed by atoms with E-state index in [1.54, 1.807) is 49.5 Å². The summed E-state index contributed by atoms with van der Waals surface area (Å²) in [4.78, 5) is 42.4. The van der Waals surface area contributed by atoms with Crippen LogP contribution < -0.4 is 15.4 Å². The molecule has 8 nitrogen and oxygen atoms in total. The molecule has 0 bridgehead atoms. The van der Waals surface area contributed by atoms with E-state index in [1.165, 1.54) is 6.20 Å². The Balaban J connectivity index is 1.69. The Bertz CT molecular complexity index is 943. The molecule has 0 spiro atoms. The number of nitrogens with one attached hydrogen (secondary N) is 2. The summed E-state index contributed by atoms with van der Waals surface area (Å²) >= 11 is 0. The highest BCUT2D eigenvalue weighted by Gasteiger charge is 2.49. The summed E-state index contributed by atoms with van der Waals surface area (Å²) in [7, 11) is 0. The van der Waals surface area contributed by atoms with Crippen LogP contribution in [-0.2, 0) is 15.1 Å². The van der Waals surface area contributed by atoms with Crippen molar-refractivity contribution in [1.82, 2.24) is 15.2 Å². The van der Waals surface area contributed by atoms with E-state index in [4.69, 9.17) is 4.74 Å². The molecule has 2 heterocycles. The zero-order chi connectivity index (χ0) is 21.0. The van der Waals surface area contributed by atoms with Gasteiger partial charge in [0.2, 0.25) is 5.91 Å². The number of benzene rings is 1. The third kappa shape index (κ3) is 4.43. The van der Waals surface area contributed by atoms with Gasteiger partial charge in [-0.25, -0.2) is 4.79 Å². The van der Waals surface area contributed by atoms with Gasteiger partial charge in [0.1, 0.15) is 24.4 Å². The van der Waals surface area contributed by atoms with Gasteiger partial charge in [-0.05, 0) is 49.2 Å². The maximum atomic E-state index is 12.9. The second-order valence-electron chi connectivity index (χ2n) is 7.01. The molecule has 0 radical (unpaired) electrons. The van der Waals surface area contributed by atoms with Crippen LogP contribution in [0.2, 0.25) is 0 Å². The molecule has 8 heteroatoms. The minimum Gasteiger partial charge on any atom is -0.489 e. The lowest BCUT2D eigenvalue weighted by Crippen LogP contribution is -2.42. The number of aromatic nitrogens is 1. The minimum atomic E-state index is -1.27. The maximum absolute atomic E-state index is 12.9. The van der Waals surface area contributed by atoms with Gasteiger partial charge in [-0.1, -0.05) is 18.7 Å². The van der Waals surface area contributed by atoms with Crippen molar-refractivity contribution in [3.8, 4) is 5.75 Å². The van der Waals surface area contributed by atoms with Gasteiger partial charge in [-0.3, -0.25) is 19.5 Å². The summed E-state index contributed by atoms with van der Waals surface area (Å²) in [6, 6.07) is 9.58. The van der Waals surface area contributed by atoms with Crippen LogP contribution in [0.1, 0.15) is 19.4 Å². The number of anilines is 1. The van der Waals surface area contributed by atoms with Crippen LogP contribution in [0.5, 0.6) is 5.75 Å². The van der Waals surface area contributed by atoms with E-state index < -0.39 is 29.9 Å². The summed E-state index contributed by atoms with van der Waals surface area (Å²) in [5, 5.41) is 5.28. The first-order chi connectivity index (χ1) is 13.8. The second-order valence-corrected chi connectivity index (χ2v) is 7.01. The first kappa shape index (κ1) is 20.1. The first-order valence-electron chi connectivity index (χ1n) is 9.01. The quantitative estimate of drug-likeness (QED) is 0.555. The number of ether oxygens (including phenoxy) is 1. The normalized spacial score (nSPS) is 18.3. The van der Waals surface area contributed by atoms with Crippen LogP contribution in [0.3, 0.4) is 0 Å². The molecule has 150 valence electrons.